The molecule has 106 valence electrons. The molecule has 2 rings (SSSR count). The van der Waals surface area contributed by atoms with Crippen molar-refractivity contribution >= 4 is 0 Å². The molecule has 1 aliphatic carbocycles. The Morgan fingerprint density at radius 2 is 1.94 bits per heavy atom. The van der Waals surface area contributed by atoms with Crippen LogP contribution in [0.5, 0.6) is 0 Å². The average molecular weight is 254 g/mol. The van der Waals surface area contributed by atoms with Gasteiger partial charge in [-0.2, -0.15) is 0 Å². The van der Waals surface area contributed by atoms with Crippen molar-refractivity contribution in [1.82, 2.24) is 4.90 Å². The molecule has 0 spiro atoms. The van der Waals surface area contributed by atoms with Gasteiger partial charge in [0.05, 0.1) is 6.10 Å². The number of piperidine rings is 1. The fourth-order valence-electron chi connectivity index (χ4n) is 3.45. The number of likely N-dealkylation sites (tertiary alicyclic amines) is 1. The molecule has 3 nitrogen and oxygen atoms in total. The number of hydrogen-bond donors (Lipinski definition) is 1. The molecular weight excluding hydrogens is 224 g/mol. The van der Waals surface area contributed by atoms with E-state index in [1.54, 1.807) is 0 Å². The Labute approximate surface area is 112 Å². The lowest BCUT2D eigenvalue weighted by Crippen LogP contribution is -2.42. The molecule has 0 amide bonds. The summed E-state index contributed by atoms with van der Waals surface area (Å²) in [7, 11) is 0. The van der Waals surface area contributed by atoms with Crippen LogP contribution < -0.4 is 5.73 Å². The number of nitrogens with two attached hydrogens (primary N) is 1. The lowest BCUT2D eigenvalue weighted by atomic mass is 9.91. The fraction of sp³-hybridized carbons (Fsp3) is 1.00. The summed E-state index contributed by atoms with van der Waals surface area (Å²) in [5, 5.41) is 0. The topological polar surface area (TPSA) is 38.5 Å². The summed E-state index contributed by atoms with van der Waals surface area (Å²) in [5.74, 6) is 0. The number of ether oxygens (including phenoxy) is 1. The zero-order valence-corrected chi connectivity index (χ0v) is 12.2. The van der Waals surface area contributed by atoms with Crippen molar-refractivity contribution in [1.29, 1.82) is 0 Å². The molecule has 0 aromatic heterocycles. The Balaban J connectivity index is 1.67. The van der Waals surface area contributed by atoms with Gasteiger partial charge in [0.1, 0.15) is 0 Å². The second-order valence-corrected chi connectivity index (χ2v) is 6.81. The van der Waals surface area contributed by atoms with E-state index in [1.165, 1.54) is 45.2 Å². The van der Waals surface area contributed by atoms with Crippen LogP contribution in [0.4, 0.5) is 0 Å². The van der Waals surface area contributed by atoms with Crippen molar-refractivity contribution in [2.24, 2.45) is 11.1 Å². The van der Waals surface area contributed by atoms with Gasteiger partial charge in [0.15, 0.2) is 0 Å². The van der Waals surface area contributed by atoms with E-state index >= 15 is 0 Å². The summed E-state index contributed by atoms with van der Waals surface area (Å²) >= 11 is 0. The van der Waals surface area contributed by atoms with Gasteiger partial charge in [0, 0.05) is 25.7 Å². The zero-order chi connectivity index (χ0) is 13.0. The molecule has 0 aromatic rings. The Kier molecular flexibility index (Phi) is 5.05. The third-order valence-corrected chi connectivity index (χ3v) is 4.64. The minimum Gasteiger partial charge on any atom is -0.378 e. The van der Waals surface area contributed by atoms with Crippen LogP contribution in [0.1, 0.15) is 52.4 Å². The second-order valence-electron chi connectivity index (χ2n) is 6.81. The first-order valence-corrected chi connectivity index (χ1v) is 7.66. The van der Waals surface area contributed by atoms with E-state index in [4.69, 9.17) is 10.5 Å². The molecule has 1 unspecified atom stereocenters. The summed E-state index contributed by atoms with van der Waals surface area (Å²) in [4.78, 5) is 2.71. The summed E-state index contributed by atoms with van der Waals surface area (Å²) in [6.45, 7) is 8.88. The number of rotatable bonds is 5. The molecule has 2 fully saturated rings. The lowest BCUT2D eigenvalue weighted by Gasteiger charge is -2.36. The van der Waals surface area contributed by atoms with Crippen molar-refractivity contribution in [2.75, 3.05) is 26.2 Å². The molecule has 0 aromatic carbocycles. The summed E-state index contributed by atoms with van der Waals surface area (Å²) in [6, 6.07) is 0.838. The SMILES string of the molecule is CC1(C)CCC(N2CCC(OCCCN)CC2)C1. The van der Waals surface area contributed by atoms with Crippen molar-refractivity contribution in [2.45, 2.75) is 64.5 Å². The van der Waals surface area contributed by atoms with E-state index in [-0.39, 0.29) is 0 Å². The minimum absolute atomic E-state index is 0.488. The van der Waals surface area contributed by atoms with E-state index < -0.39 is 0 Å². The van der Waals surface area contributed by atoms with Crippen LogP contribution in [-0.2, 0) is 4.74 Å². The van der Waals surface area contributed by atoms with E-state index in [2.05, 4.69) is 18.7 Å². The highest BCUT2D eigenvalue weighted by Gasteiger charge is 2.35. The fourth-order valence-corrected chi connectivity index (χ4v) is 3.45. The normalized spacial score (nSPS) is 29.8. The van der Waals surface area contributed by atoms with E-state index in [0.29, 0.717) is 11.5 Å². The van der Waals surface area contributed by atoms with Crippen LogP contribution >= 0.6 is 0 Å². The maximum Gasteiger partial charge on any atom is 0.0599 e. The van der Waals surface area contributed by atoms with Gasteiger partial charge in [0.25, 0.3) is 0 Å². The zero-order valence-electron chi connectivity index (χ0n) is 12.2. The molecule has 1 aliphatic heterocycles. The second kappa shape index (κ2) is 6.36. The highest BCUT2D eigenvalue weighted by Crippen LogP contribution is 2.40. The molecule has 1 atom stereocenters. The van der Waals surface area contributed by atoms with Gasteiger partial charge >= 0.3 is 0 Å². The highest BCUT2D eigenvalue weighted by atomic mass is 16.5. The molecule has 1 heterocycles. The van der Waals surface area contributed by atoms with Gasteiger partial charge in [0.2, 0.25) is 0 Å². The molecule has 0 radical (unpaired) electrons. The third kappa shape index (κ3) is 3.94. The molecule has 2 N–H and O–H groups in total. The lowest BCUT2D eigenvalue weighted by molar-refractivity contribution is -0.00240. The molecule has 1 saturated carbocycles. The van der Waals surface area contributed by atoms with Gasteiger partial charge in [-0.1, -0.05) is 13.8 Å². The van der Waals surface area contributed by atoms with E-state index in [9.17, 15) is 0 Å². The largest absolute Gasteiger partial charge is 0.378 e. The smallest absolute Gasteiger partial charge is 0.0599 e. The summed E-state index contributed by atoms with van der Waals surface area (Å²) in [6.07, 6.45) is 8.07. The monoisotopic (exact) mass is 254 g/mol. The Morgan fingerprint density at radius 3 is 2.50 bits per heavy atom. The Hall–Kier alpha value is -0.120. The van der Waals surface area contributed by atoms with Crippen molar-refractivity contribution in [3.63, 3.8) is 0 Å². The number of nitrogens with zero attached hydrogens (tertiary/aromatic N) is 1. The maximum atomic E-state index is 5.87. The van der Waals surface area contributed by atoms with Crippen LogP contribution in [0, 0.1) is 5.41 Å². The quantitative estimate of drug-likeness (QED) is 0.766. The molecule has 3 heteroatoms. The van der Waals surface area contributed by atoms with Crippen LogP contribution in [0.25, 0.3) is 0 Å². The number of hydrogen-bond acceptors (Lipinski definition) is 3. The molecule has 1 saturated heterocycles. The van der Waals surface area contributed by atoms with E-state index in [1.807, 2.05) is 0 Å². The van der Waals surface area contributed by atoms with Gasteiger partial charge in [-0.15, -0.1) is 0 Å². The van der Waals surface area contributed by atoms with Crippen LogP contribution in [0.3, 0.4) is 0 Å². The Morgan fingerprint density at radius 1 is 1.22 bits per heavy atom. The predicted molar refractivity (Wildman–Crippen MR) is 75.6 cm³/mol. The Bertz CT molecular complexity index is 247. The van der Waals surface area contributed by atoms with Crippen LogP contribution in [0.15, 0.2) is 0 Å². The van der Waals surface area contributed by atoms with Crippen molar-refractivity contribution in [3.8, 4) is 0 Å². The average Bonchev–Trinajstić information content (AvgIpc) is 2.71. The first kappa shape index (κ1) is 14.3. The minimum atomic E-state index is 0.488. The van der Waals surface area contributed by atoms with Crippen LogP contribution in [-0.4, -0.2) is 43.3 Å². The van der Waals surface area contributed by atoms with Gasteiger partial charge in [-0.25, -0.2) is 0 Å². The molecular formula is C15H30N2O. The van der Waals surface area contributed by atoms with Gasteiger partial charge < -0.3 is 15.4 Å². The maximum absolute atomic E-state index is 5.87. The standard InChI is InChI=1S/C15H30N2O/c1-15(2)7-4-13(12-15)17-9-5-14(6-10-17)18-11-3-8-16/h13-14H,3-12,16H2,1-2H3. The van der Waals surface area contributed by atoms with Crippen LogP contribution in [0.2, 0.25) is 0 Å². The summed E-state index contributed by atoms with van der Waals surface area (Å²) in [5.41, 5.74) is 6.05. The highest BCUT2D eigenvalue weighted by molar-refractivity contribution is 4.89. The van der Waals surface area contributed by atoms with Gasteiger partial charge in [-0.3, -0.25) is 0 Å². The van der Waals surface area contributed by atoms with E-state index in [0.717, 1.165) is 25.6 Å². The molecule has 0 bridgehead atoms. The third-order valence-electron chi connectivity index (χ3n) is 4.64. The van der Waals surface area contributed by atoms with Crippen molar-refractivity contribution < 1.29 is 4.74 Å². The first-order chi connectivity index (χ1) is 8.61. The summed E-state index contributed by atoms with van der Waals surface area (Å²) < 4.78 is 5.87. The molecule has 2 aliphatic rings. The van der Waals surface area contributed by atoms with Gasteiger partial charge in [-0.05, 0) is 50.5 Å². The molecule has 18 heavy (non-hydrogen) atoms. The van der Waals surface area contributed by atoms with Crippen molar-refractivity contribution in [3.05, 3.63) is 0 Å². The predicted octanol–water partition coefficient (Wildman–Crippen LogP) is 2.39. The first-order valence-electron chi connectivity index (χ1n) is 7.66.